The summed E-state index contributed by atoms with van der Waals surface area (Å²) in [7, 11) is 0. The van der Waals surface area contributed by atoms with Crippen LogP contribution in [-0.4, -0.2) is 11.0 Å². The fourth-order valence-electron chi connectivity index (χ4n) is 0.768. The van der Waals surface area contributed by atoms with Gasteiger partial charge in [0.1, 0.15) is 5.78 Å². The van der Waals surface area contributed by atoms with E-state index in [4.69, 9.17) is 0 Å². The van der Waals surface area contributed by atoms with Crippen LogP contribution in [0.15, 0.2) is 29.4 Å². The standard InChI is InChI=1S/C9H11NO2S/c1-7(11)8(2)13-9-5-3-4-6-10(9)12/h3-6,8H,1-2H3. The summed E-state index contributed by atoms with van der Waals surface area (Å²) in [6, 6.07) is 5.15. The lowest BCUT2D eigenvalue weighted by molar-refractivity contribution is -0.645. The number of aromatic nitrogens is 1. The van der Waals surface area contributed by atoms with Gasteiger partial charge < -0.3 is 5.21 Å². The maximum absolute atomic E-state index is 11.2. The van der Waals surface area contributed by atoms with Crippen molar-refractivity contribution >= 4 is 17.5 Å². The van der Waals surface area contributed by atoms with Gasteiger partial charge in [-0.05, 0) is 31.7 Å². The fourth-order valence-corrected chi connectivity index (χ4v) is 1.62. The van der Waals surface area contributed by atoms with Crippen LogP contribution in [-0.2, 0) is 4.79 Å². The molecule has 0 radical (unpaired) electrons. The van der Waals surface area contributed by atoms with Gasteiger partial charge in [-0.25, -0.2) is 0 Å². The maximum Gasteiger partial charge on any atom is 0.252 e. The quantitative estimate of drug-likeness (QED) is 0.418. The molecule has 0 bridgehead atoms. The molecule has 0 saturated carbocycles. The van der Waals surface area contributed by atoms with Gasteiger partial charge in [0.2, 0.25) is 0 Å². The summed E-state index contributed by atoms with van der Waals surface area (Å²) in [5.74, 6) is 0.0776. The van der Waals surface area contributed by atoms with Crippen molar-refractivity contribution in [3.05, 3.63) is 29.6 Å². The van der Waals surface area contributed by atoms with E-state index in [9.17, 15) is 10.0 Å². The maximum atomic E-state index is 11.2. The first-order valence-corrected chi connectivity index (χ1v) is 4.84. The van der Waals surface area contributed by atoms with Crippen LogP contribution in [0.4, 0.5) is 0 Å². The van der Waals surface area contributed by atoms with E-state index in [-0.39, 0.29) is 11.0 Å². The monoisotopic (exact) mass is 197 g/mol. The van der Waals surface area contributed by atoms with Crippen LogP contribution in [0.25, 0.3) is 0 Å². The van der Waals surface area contributed by atoms with Gasteiger partial charge in [0.05, 0.1) is 5.25 Å². The summed E-state index contributed by atoms with van der Waals surface area (Å²) in [4.78, 5) is 10.9. The van der Waals surface area contributed by atoms with Gasteiger partial charge in [-0.2, -0.15) is 4.73 Å². The number of carbonyl (C=O) groups excluding carboxylic acids is 1. The Bertz CT molecular complexity index is 314. The molecule has 70 valence electrons. The summed E-state index contributed by atoms with van der Waals surface area (Å²) in [5.41, 5.74) is 0. The molecule has 1 unspecified atom stereocenters. The highest BCUT2D eigenvalue weighted by Crippen LogP contribution is 2.19. The fraction of sp³-hybridized carbons (Fsp3) is 0.333. The predicted molar refractivity (Wildman–Crippen MR) is 51.4 cm³/mol. The van der Waals surface area contributed by atoms with Gasteiger partial charge in [-0.3, -0.25) is 4.79 Å². The zero-order valence-electron chi connectivity index (χ0n) is 7.56. The average molecular weight is 197 g/mol. The molecule has 0 aliphatic carbocycles. The molecule has 0 aliphatic rings. The predicted octanol–water partition coefficient (Wildman–Crippen LogP) is 1.39. The molecule has 1 aromatic heterocycles. The van der Waals surface area contributed by atoms with E-state index in [0.29, 0.717) is 5.03 Å². The number of hydrogen-bond acceptors (Lipinski definition) is 3. The second-order valence-electron chi connectivity index (χ2n) is 2.74. The van der Waals surface area contributed by atoms with E-state index in [1.54, 1.807) is 25.1 Å². The number of carbonyl (C=O) groups is 1. The van der Waals surface area contributed by atoms with Crippen LogP contribution in [0.1, 0.15) is 13.8 Å². The van der Waals surface area contributed by atoms with Gasteiger partial charge >= 0.3 is 0 Å². The van der Waals surface area contributed by atoms with Crippen molar-refractivity contribution < 1.29 is 9.52 Å². The molecule has 0 amide bonds. The van der Waals surface area contributed by atoms with E-state index >= 15 is 0 Å². The van der Waals surface area contributed by atoms with Crippen molar-refractivity contribution in [3.63, 3.8) is 0 Å². The topological polar surface area (TPSA) is 44.0 Å². The Morgan fingerprint density at radius 3 is 2.85 bits per heavy atom. The number of nitrogens with zero attached hydrogens (tertiary/aromatic N) is 1. The molecule has 1 atom stereocenters. The lowest BCUT2D eigenvalue weighted by atomic mass is 10.3. The summed E-state index contributed by atoms with van der Waals surface area (Å²) in [6.07, 6.45) is 1.43. The Labute approximate surface area is 81.4 Å². The van der Waals surface area contributed by atoms with E-state index in [1.807, 2.05) is 0 Å². The number of rotatable bonds is 3. The van der Waals surface area contributed by atoms with Gasteiger partial charge in [0, 0.05) is 12.1 Å². The molecule has 13 heavy (non-hydrogen) atoms. The molecule has 0 N–H and O–H groups in total. The molecule has 0 fully saturated rings. The summed E-state index contributed by atoms with van der Waals surface area (Å²) in [6.45, 7) is 3.32. The molecule has 0 aliphatic heterocycles. The lowest BCUT2D eigenvalue weighted by Gasteiger charge is -2.06. The van der Waals surface area contributed by atoms with Crippen molar-refractivity contribution in [3.8, 4) is 0 Å². The average Bonchev–Trinajstić information content (AvgIpc) is 2.08. The van der Waals surface area contributed by atoms with E-state index in [2.05, 4.69) is 0 Å². The summed E-state index contributed by atoms with van der Waals surface area (Å²) < 4.78 is 0.768. The highest BCUT2D eigenvalue weighted by Gasteiger charge is 2.14. The number of thioether (sulfide) groups is 1. The van der Waals surface area contributed by atoms with Crippen LogP contribution in [0, 0.1) is 5.21 Å². The second kappa shape index (κ2) is 4.28. The van der Waals surface area contributed by atoms with Crippen molar-refractivity contribution in [1.82, 2.24) is 0 Å². The zero-order chi connectivity index (χ0) is 9.84. The number of pyridine rings is 1. The van der Waals surface area contributed by atoms with Crippen LogP contribution in [0.2, 0.25) is 0 Å². The molecular weight excluding hydrogens is 186 g/mol. The van der Waals surface area contributed by atoms with Gasteiger partial charge in [0.15, 0.2) is 6.20 Å². The minimum Gasteiger partial charge on any atom is -0.618 e. The van der Waals surface area contributed by atoms with Crippen LogP contribution in [0.3, 0.4) is 0 Å². The molecular formula is C9H11NO2S. The number of Topliss-reactive ketones (excluding diaryl/α,β-unsaturated/α-hetero) is 1. The molecule has 0 spiro atoms. The molecule has 1 heterocycles. The third kappa shape index (κ3) is 2.73. The molecule has 3 nitrogen and oxygen atoms in total. The normalized spacial score (nSPS) is 12.5. The third-order valence-electron chi connectivity index (χ3n) is 1.66. The minimum atomic E-state index is -0.164. The van der Waals surface area contributed by atoms with Crippen molar-refractivity contribution in [2.45, 2.75) is 24.1 Å². The number of hydrogen-bond donors (Lipinski definition) is 0. The van der Waals surface area contributed by atoms with E-state index in [0.717, 1.165) is 4.73 Å². The van der Waals surface area contributed by atoms with Crippen LogP contribution in [0.5, 0.6) is 0 Å². The molecule has 1 aromatic rings. The van der Waals surface area contributed by atoms with Gasteiger partial charge in [0.25, 0.3) is 5.03 Å². The highest BCUT2D eigenvalue weighted by atomic mass is 32.2. The first kappa shape index (κ1) is 10.1. The first-order chi connectivity index (χ1) is 6.11. The van der Waals surface area contributed by atoms with Crippen molar-refractivity contribution in [2.24, 2.45) is 0 Å². The van der Waals surface area contributed by atoms with E-state index in [1.165, 1.54) is 24.9 Å². The molecule has 1 rings (SSSR count). The van der Waals surface area contributed by atoms with Gasteiger partial charge in [-0.15, -0.1) is 0 Å². The van der Waals surface area contributed by atoms with Gasteiger partial charge in [-0.1, -0.05) is 0 Å². The Kier molecular flexibility index (Phi) is 3.31. The van der Waals surface area contributed by atoms with Crippen LogP contribution < -0.4 is 4.73 Å². The zero-order valence-corrected chi connectivity index (χ0v) is 8.38. The second-order valence-corrected chi connectivity index (χ2v) is 4.10. The Balaban J connectivity index is 2.74. The molecule has 0 aromatic carbocycles. The largest absolute Gasteiger partial charge is 0.618 e. The summed E-state index contributed by atoms with van der Waals surface area (Å²) >= 11 is 1.28. The minimum absolute atomic E-state index is 0.0776. The van der Waals surface area contributed by atoms with Crippen molar-refractivity contribution in [2.75, 3.05) is 0 Å². The Morgan fingerprint density at radius 2 is 2.31 bits per heavy atom. The molecule has 4 heteroatoms. The highest BCUT2D eigenvalue weighted by molar-refractivity contribution is 8.00. The molecule has 0 saturated heterocycles. The smallest absolute Gasteiger partial charge is 0.252 e. The Hall–Kier alpha value is -1.03. The number of ketones is 1. The van der Waals surface area contributed by atoms with Crippen LogP contribution >= 0.6 is 11.8 Å². The SMILES string of the molecule is CC(=O)C(C)Sc1cccc[n+]1[O-]. The van der Waals surface area contributed by atoms with E-state index < -0.39 is 0 Å². The lowest BCUT2D eigenvalue weighted by Crippen LogP contribution is -2.29. The van der Waals surface area contributed by atoms with Crippen molar-refractivity contribution in [1.29, 1.82) is 0 Å². The Morgan fingerprint density at radius 1 is 1.62 bits per heavy atom. The summed E-state index contributed by atoms with van der Waals surface area (Å²) in [5, 5.41) is 11.6. The third-order valence-corrected chi connectivity index (χ3v) is 2.90. The first-order valence-electron chi connectivity index (χ1n) is 3.96.